The number of hydrogen-bond acceptors (Lipinski definition) is 6. The third kappa shape index (κ3) is 4.77. The molecule has 0 aliphatic carbocycles. The number of hydrogen-bond donors (Lipinski definition) is 1. The Kier molecular flexibility index (Phi) is 5.87. The molecule has 27 heavy (non-hydrogen) atoms. The van der Waals surface area contributed by atoms with Gasteiger partial charge >= 0.3 is 0 Å². The Morgan fingerprint density at radius 1 is 1.00 bits per heavy atom. The van der Waals surface area contributed by atoms with Crippen molar-refractivity contribution in [3.63, 3.8) is 0 Å². The summed E-state index contributed by atoms with van der Waals surface area (Å²) in [7, 11) is 0. The molecule has 1 saturated heterocycles. The Morgan fingerprint density at radius 2 is 1.81 bits per heavy atom. The molecule has 0 spiro atoms. The summed E-state index contributed by atoms with van der Waals surface area (Å²) in [6.07, 6.45) is 3.00. The predicted octanol–water partition coefficient (Wildman–Crippen LogP) is 3.09. The van der Waals surface area contributed by atoms with E-state index in [0.29, 0.717) is 13.2 Å². The van der Waals surface area contributed by atoms with E-state index in [1.165, 1.54) is 0 Å². The summed E-state index contributed by atoms with van der Waals surface area (Å²) in [6, 6.07) is 14.3. The van der Waals surface area contributed by atoms with Crippen LogP contribution in [0.2, 0.25) is 0 Å². The maximum absolute atomic E-state index is 10.3. The van der Waals surface area contributed by atoms with Gasteiger partial charge in [0.15, 0.2) is 0 Å². The first-order valence-corrected chi connectivity index (χ1v) is 10.4. The molecule has 0 radical (unpaired) electrons. The van der Waals surface area contributed by atoms with Gasteiger partial charge in [-0.3, -0.25) is 4.90 Å². The van der Waals surface area contributed by atoms with Crippen molar-refractivity contribution >= 4 is 22.5 Å². The van der Waals surface area contributed by atoms with Gasteiger partial charge in [-0.1, -0.05) is 18.2 Å². The molecule has 2 aromatic carbocycles. The van der Waals surface area contributed by atoms with E-state index in [1.807, 2.05) is 30.0 Å². The van der Waals surface area contributed by atoms with Crippen molar-refractivity contribution in [2.45, 2.75) is 6.10 Å². The SMILES string of the molecule is OC(COc1ccc2cc(-c3ccnnc3)ccc2c1)CN1CCSCC1. The maximum Gasteiger partial charge on any atom is 0.120 e. The minimum atomic E-state index is -0.467. The van der Waals surface area contributed by atoms with E-state index in [1.54, 1.807) is 12.4 Å². The molecule has 1 unspecified atom stereocenters. The zero-order chi connectivity index (χ0) is 18.5. The van der Waals surface area contributed by atoms with E-state index in [0.717, 1.165) is 52.2 Å². The van der Waals surface area contributed by atoms with Crippen molar-refractivity contribution in [2.75, 3.05) is 37.7 Å². The highest BCUT2D eigenvalue weighted by atomic mass is 32.2. The van der Waals surface area contributed by atoms with Crippen molar-refractivity contribution in [3.8, 4) is 16.9 Å². The Hall–Kier alpha value is -2.15. The fraction of sp³-hybridized carbons (Fsp3) is 0.333. The lowest BCUT2D eigenvalue weighted by Crippen LogP contribution is -2.40. The number of β-amino-alcohol motifs (C(OH)–C–C–N with tert-alkyl or cyclic N) is 1. The van der Waals surface area contributed by atoms with Gasteiger partial charge in [0.2, 0.25) is 0 Å². The number of aliphatic hydroxyl groups is 1. The monoisotopic (exact) mass is 381 g/mol. The van der Waals surface area contributed by atoms with Crippen LogP contribution in [-0.4, -0.2) is 64.1 Å². The highest BCUT2D eigenvalue weighted by molar-refractivity contribution is 7.99. The van der Waals surface area contributed by atoms with Crippen LogP contribution in [0.3, 0.4) is 0 Å². The first-order chi connectivity index (χ1) is 13.3. The fourth-order valence-electron chi connectivity index (χ4n) is 3.28. The number of aromatic nitrogens is 2. The molecule has 1 aliphatic heterocycles. The summed E-state index contributed by atoms with van der Waals surface area (Å²) in [6.45, 7) is 3.09. The molecule has 140 valence electrons. The Morgan fingerprint density at radius 3 is 2.63 bits per heavy atom. The van der Waals surface area contributed by atoms with Gasteiger partial charge in [0.05, 0.1) is 12.4 Å². The van der Waals surface area contributed by atoms with Gasteiger partial charge in [0.1, 0.15) is 18.5 Å². The molecule has 1 atom stereocenters. The largest absolute Gasteiger partial charge is 0.491 e. The normalized spacial score (nSPS) is 16.3. The van der Waals surface area contributed by atoms with Crippen molar-refractivity contribution in [1.82, 2.24) is 15.1 Å². The maximum atomic E-state index is 10.3. The first-order valence-electron chi connectivity index (χ1n) is 9.20. The van der Waals surface area contributed by atoms with E-state index in [9.17, 15) is 5.11 Å². The first kappa shape index (κ1) is 18.2. The van der Waals surface area contributed by atoms with Crippen LogP contribution in [-0.2, 0) is 0 Å². The number of ether oxygens (including phenoxy) is 1. The molecule has 0 amide bonds. The van der Waals surface area contributed by atoms with E-state index < -0.39 is 6.10 Å². The van der Waals surface area contributed by atoms with Gasteiger partial charge in [-0.05, 0) is 40.6 Å². The third-order valence-electron chi connectivity index (χ3n) is 4.74. The van der Waals surface area contributed by atoms with Crippen LogP contribution in [0, 0.1) is 0 Å². The van der Waals surface area contributed by atoms with Crippen molar-refractivity contribution in [1.29, 1.82) is 0 Å². The Balaban J connectivity index is 1.39. The zero-order valence-electron chi connectivity index (χ0n) is 15.1. The van der Waals surface area contributed by atoms with Crippen molar-refractivity contribution in [3.05, 3.63) is 54.9 Å². The summed E-state index contributed by atoms with van der Waals surface area (Å²) in [5, 5.41) is 20.3. The minimum Gasteiger partial charge on any atom is -0.491 e. The molecule has 1 aliphatic rings. The number of thioether (sulfide) groups is 1. The predicted molar refractivity (Wildman–Crippen MR) is 110 cm³/mol. The molecule has 2 heterocycles. The second kappa shape index (κ2) is 8.69. The number of fused-ring (bicyclic) bond motifs is 1. The zero-order valence-corrected chi connectivity index (χ0v) is 15.9. The van der Waals surface area contributed by atoms with E-state index in [2.05, 4.69) is 39.4 Å². The summed E-state index contributed by atoms with van der Waals surface area (Å²) in [5.74, 6) is 3.08. The van der Waals surface area contributed by atoms with Gasteiger partial charge in [-0.15, -0.1) is 0 Å². The van der Waals surface area contributed by atoms with Crippen LogP contribution in [0.1, 0.15) is 0 Å². The molecule has 1 fully saturated rings. The van der Waals surface area contributed by atoms with E-state index >= 15 is 0 Å². The van der Waals surface area contributed by atoms with Crippen molar-refractivity contribution < 1.29 is 9.84 Å². The lowest BCUT2D eigenvalue weighted by molar-refractivity contribution is 0.0716. The van der Waals surface area contributed by atoms with E-state index in [4.69, 9.17) is 4.74 Å². The minimum absolute atomic E-state index is 0.315. The molecule has 0 bridgehead atoms. The summed E-state index contributed by atoms with van der Waals surface area (Å²) in [5.41, 5.74) is 2.16. The lowest BCUT2D eigenvalue weighted by atomic mass is 10.0. The van der Waals surface area contributed by atoms with Gasteiger partial charge in [-0.25, -0.2) is 0 Å². The van der Waals surface area contributed by atoms with Gasteiger partial charge in [-0.2, -0.15) is 22.0 Å². The van der Waals surface area contributed by atoms with Crippen LogP contribution in [0.4, 0.5) is 0 Å². The van der Waals surface area contributed by atoms with Gasteiger partial charge < -0.3 is 9.84 Å². The third-order valence-corrected chi connectivity index (χ3v) is 5.69. The molecule has 5 nitrogen and oxygen atoms in total. The molecular weight excluding hydrogens is 358 g/mol. The Labute approximate surface area is 163 Å². The summed E-state index contributed by atoms with van der Waals surface area (Å²) < 4.78 is 5.83. The standard InChI is InChI=1S/C21H23N3O2S/c25-20(14-24-7-9-27-10-8-24)15-26-21-4-3-16-11-17(1-2-18(16)12-21)19-5-6-22-23-13-19/h1-6,11-13,20,25H,7-10,14-15H2. The molecule has 6 heteroatoms. The average molecular weight is 382 g/mol. The second-order valence-corrected chi connectivity index (χ2v) is 7.96. The highest BCUT2D eigenvalue weighted by Crippen LogP contribution is 2.26. The molecule has 0 saturated carbocycles. The van der Waals surface area contributed by atoms with Gasteiger partial charge in [0.25, 0.3) is 0 Å². The van der Waals surface area contributed by atoms with E-state index in [-0.39, 0.29) is 0 Å². The quantitative estimate of drug-likeness (QED) is 0.708. The van der Waals surface area contributed by atoms with Crippen LogP contribution in [0.5, 0.6) is 5.75 Å². The average Bonchev–Trinajstić information content (AvgIpc) is 2.73. The number of aliphatic hydroxyl groups excluding tert-OH is 1. The van der Waals surface area contributed by atoms with Crippen LogP contribution < -0.4 is 4.74 Å². The summed E-state index contributed by atoms with van der Waals surface area (Å²) in [4.78, 5) is 2.31. The number of nitrogens with zero attached hydrogens (tertiary/aromatic N) is 3. The lowest BCUT2D eigenvalue weighted by Gasteiger charge is -2.28. The summed E-state index contributed by atoms with van der Waals surface area (Å²) >= 11 is 1.98. The highest BCUT2D eigenvalue weighted by Gasteiger charge is 2.15. The topological polar surface area (TPSA) is 58.5 Å². The van der Waals surface area contributed by atoms with Crippen LogP contribution in [0.15, 0.2) is 54.9 Å². The van der Waals surface area contributed by atoms with Crippen molar-refractivity contribution in [2.24, 2.45) is 0 Å². The molecule has 1 N–H and O–H groups in total. The Bertz CT molecular complexity index is 885. The van der Waals surface area contributed by atoms with Crippen LogP contribution >= 0.6 is 11.8 Å². The van der Waals surface area contributed by atoms with Crippen LogP contribution in [0.25, 0.3) is 21.9 Å². The molecule has 1 aromatic heterocycles. The smallest absolute Gasteiger partial charge is 0.120 e. The molecule has 4 rings (SSSR count). The molecular formula is C21H23N3O2S. The molecule has 3 aromatic rings. The number of rotatable bonds is 6. The second-order valence-electron chi connectivity index (χ2n) is 6.73. The van der Waals surface area contributed by atoms with Gasteiger partial charge in [0, 0.05) is 36.7 Å². The fourth-order valence-corrected chi connectivity index (χ4v) is 4.26. The number of benzene rings is 2.